The average molecular weight is 213 g/mol. The van der Waals surface area contributed by atoms with Gasteiger partial charge >= 0.3 is 68.5 Å². The molecule has 0 atom stereocenters. The minimum atomic E-state index is -1.82. The molecule has 0 spiro atoms. The molecule has 2 nitrogen and oxygen atoms in total. The molecule has 0 saturated carbocycles. The molecule has 0 bridgehead atoms. The van der Waals surface area contributed by atoms with Gasteiger partial charge in [0, 0.05) is 0 Å². The van der Waals surface area contributed by atoms with Crippen molar-refractivity contribution in [2.75, 3.05) is 0 Å². The molecule has 0 radical (unpaired) electrons. The van der Waals surface area contributed by atoms with Crippen LogP contribution in [0.15, 0.2) is 16.5 Å². The Balaban J connectivity index is 2.98. The number of aldehydes is 1. The van der Waals surface area contributed by atoms with E-state index in [1.165, 1.54) is 0 Å². The van der Waals surface area contributed by atoms with Crippen LogP contribution in [0.25, 0.3) is 0 Å². The van der Waals surface area contributed by atoms with E-state index in [0.29, 0.717) is 5.76 Å². The molecule has 3 heteroatoms. The Morgan fingerprint density at radius 3 is 2.27 bits per heavy atom. The number of rotatable bonds is 2. The van der Waals surface area contributed by atoms with E-state index < -0.39 is 13.3 Å². The molecule has 0 amide bonds. The van der Waals surface area contributed by atoms with Crippen molar-refractivity contribution in [1.82, 2.24) is 0 Å². The van der Waals surface area contributed by atoms with Gasteiger partial charge < -0.3 is 0 Å². The molecule has 0 aliphatic heterocycles. The summed E-state index contributed by atoms with van der Waals surface area (Å²) < 4.78 is 6.35. The van der Waals surface area contributed by atoms with Crippen LogP contribution in [-0.2, 0) is 0 Å². The second-order valence-electron chi connectivity index (χ2n) is 3.57. The normalized spacial score (nSPS) is 11.5. The van der Waals surface area contributed by atoms with Crippen molar-refractivity contribution < 1.29 is 9.21 Å². The maximum atomic E-state index is 10.3. The van der Waals surface area contributed by atoms with Gasteiger partial charge in [-0.2, -0.15) is 0 Å². The molecule has 0 N–H and O–H groups in total. The monoisotopic (exact) mass is 214 g/mol. The van der Waals surface area contributed by atoms with Crippen LogP contribution in [0.1, 0.15) is 10.6 Å². The molecule has 60 valence electrons. The summed E-state index contributed by atoms with van der Waals surface area (Å²) in [6.07, 6.45) is 0.747. The molecule has 0 aliphatic rings. The summed E-state index contributed by atoms with van der Waals surface area (Å²) >= 11 is -1.82. The molecule has 0 unspecified atom stereocenters. The van der Waals surface area contributed by atoms with Crippen LogP contribution < -0.4 is 4.59 Å². The number of carbonyl (C=O) groups excluding carboxylic acids is 1. The van der Waals surface area contributed by atoms with Gasteiger partial charge in [0.05, 0.1) is 0 Å². The van der Waals surface area contributed by atoms with Crippen molar-refractivity contribution in [3.8, 4) is 0 Å². The Kier molecular flexibility index (Phi) is 2.23. The first-order valence-electron chi connectivity index (χ1n) is 3.59. The molecule has 1 aromatic rings. The van der Waals surface area contributed by atoms with Crippen molar-refractivity contribution in [1.29, 1.82) is 0 Å². The predicted molar refractivity (Wildman–Crippen MR) is 47.1 cm³/mol. The number of hydrogen-bond donors (Lipinski definition) is 0. The van der Waals surface area contributed by atoms with E-state index in [1.807, 2.05) is 6.07 Å². The summed E-state index contributed by atoms with van der Waals surface area (Å²) in [5.74, 6) is 7.13. The van der Waals surface area contributed by atoms with Gasteiger partial charge in [0.2, 0.25) is 0 Å². The molecular formula is C8H12GeO2. The van der Waals surface area contributed by atoms with Crippen molar-refractivity contribution in [3.63, 3.8) is 0 Å². The van der Waals surface area contributed by atoms with Crippen LogP contribution in [0.5, 0.6) is 0 Å². The molecule has 1 aromatic heterocycles. The third-order valence-corrected chi connectivity index (χ3v) is 5.15. The topological polar surface area (TPSA) is 30.2 Å². The van der Waals surface area contributed by atoms with Gasteiger partial charge in [0.1, 0.15) is 0 Å². The fourth-order valence-electron chi connectivity index (χ4n) is 0.819. The first-order valence-corrected chi connectivity index (χ1v) is 10.9. The van der Waals surface area contributed by atoms with Gasteiger partial charge in [-0.1, -0.05) is 0 Å². The van der Waals surface area contributed by atoms with Crippen molar-refractivity contribution in [2.45, 2.75) is 17.3 Å². The Morgan fingerprint density at radius 2 is 2.00 bits per heavy atom. The molecular weight excluding hydrogens is 201 g/mol. The van der Waals surface area contributed by atoms with Crippen LogP contribution in [0.4, 0.5) is 0 Å². The van der Waals surface area contributed by atoms with Gasteiger partial charge in [-0.25, -0.2) is 0 Å². The quantitative estimate of drug-likeness (QED) is 0.551. The Bertz CT molecular complexity index is 257. The van der Waals surface area contributed by atoms with Crippen LogP contribution in [0.3, 0.4) is 0 Å². The minimum absolute atomic E-state index is 0.445. The summed E-state index contributed by atoms with van der Waals surface area (Å²) in [5, 5.41) is 0. The Morgan fingerprint density at radius 1 is 1.36 bits per heavy atom. The van der Waals surface area contributed by atoms with Gasteiger partial charge in [-0.15, -0.1) is 0 Å². The number of carbonyl (C=O) groups is 1. The van der Waals surface area contributed by atoms with Gasteiger partial charge in [0.25, 0.3) is 0 Å². The zero-order valence-electron chi connectivity index (χ0n) is 7.05. The van der Waals surface area contributed by atoms with E-state index >= 15 is 0 Å². The van der Waals surface area contributed by atoms with Crippen LogP contribution in [0, 0.1) is 0 Å². The standard InChI is InChI=1S/C8H12GeO2/c1-9(2,3)8-5-4-7(6-10)11-8/h4-6H,1-3H3. The zero-order chi connectivity index (χ0) is 8.48. The summed E-state index contributed by atoms with van der Waals surface area (Å²) in [7, 11) is 0. The number of hydrogen-bond acceptors (Lipinski definition) is 2. The van der Waals surface area contributed by atoms with E-state index in [4.69, 9.17) is 4.42 Å². The second kappa shape index (κ2) is 2.85. The van der Waals surface area contributed by atoms with E-state index in [0.717, 1.165) is 10.9 Å². The molecule has 0 fully saturated rings. The molecule has 11 heavy (non-hydrogen) atoms. The zero-order valence-corrected chi connectivity index (χ0v) is 9.15. The Labute approximate surface area is 68.9 Å². The molecule has 1 heterocycles. The van der Waals surface area contributed by atoms with Crippen molar-refractivity contribution in [3.05, 3.63) is 17.9 Å². The van der Waals surface area contributed by atoms with E-state index in [-0.39, 0.29) is 0 Å². The third kappa shape index (κ3) is 1.96. The van der Waals surface area contributed by atoms with Crippen LogP contribution >= 0.6 is 0 Å². The van der Waals surface area contributed by atoms with Gasteiger partial charge in [-0.3, -0.25) is 0 Å². The molecule has 0 aliphatic carbocycles. The van der Waals surface area contributed by atoms with E-state index in [9.17, 15) is 4.79 Å². The molecule has 0 saturated heterocycles. The van der Waals surface area contributed by atoms with Gasteiger partial charge in [-0.05, 0) is 0 Å². The van der Waals surface area contributed by atoms with Crippen molar-refractivity contribution in [2.24, 2.45) is 0 Å². The molecule has 0 aromatic carbocycles. The second-order valence-corrected chi connectivity index (χ2v) is 14.0. The van der Waals surface area contributed by atoms with Gasteiger partial charge in [0.15, 0.2) is 0 Å². The average Bonchev–Trinajstić information content (AvgIpc) is 2.32. The fraction of sp³-hybridized carbons (Fsp3) is 0.375. The summed E-state index contributed by atoms with van der Waals surface area (Å²) in [6.45, 7) is 0. The summed E-state index contributed by atoms with van der Waals surface area (Å²) in [4.78, 5) is 10.3. The fourth-order valence-corrected chi connectivity index (χ4v) is 2.93. The maximum absolute atomic E-state index is 10.3. The summed E-state index contributed by atoms with van der Waals surface area (Å²) in [6, 6.07) is 3.66. The molecule has 1 rings (SSSR count). The summed E-state index contributed by atoms with van der Waals surface area (Å²) in [5.41, 5.74) is 0. The van der Waals surface area contributed by atoms with Crippen molar-refractivity contribution >= 4 is 24.1 Å². The first kappa shape index (κ1) is 8.59. The predicted octanol–water partition coefficient (Wildman–Crippen LogP) is 1.64. The van der Waals surface area contributed by atoms with E-state index in [1.54, 1.807) is 6.07 Å². The Hall–Kier alpha value is -0.507. The SMILES string of the molecule is [CH3][Ge]([CH3])([CH3])[c]1ccc(C=O)o1. The number of furan rings is 1. The van der Waals surface area contributed by atoms with Crippen LogP contribution in [-0.4, -0.2) is 19.6 Å². The van der Waals surface area contributed by atoms with E-state index in [2.05, 4.69) is 17.3 Å². The third-order valence-electron chi connectivity index (χ3n) is 1.48. The van der Waals surface area contributed by atoms with Crippen LogP contribution in [0.2, 0.25) is 17.3 Å². The first-order chi connectivity index (χ1) is 5.04.